The van der Waals surface area contributed by atoms with E-state index in [1.165, 1.54) is 6.92 Å². The molecule has 3 nitrogen and oxygen atoms in total. The van der Waals surface area contributed by atoms with Crippen molar-refractivity contribution in [2.24, 2.45) is 0 Å². The Bertz CT molecular complexity index is 401. The number of rotatable bonds is 8. The predicted octanol–water partition coefficient (Wildman–Crippen LogP) is 1.79. The Hall–Kier alpha value is -1.52. The molecule has 3 heteroatoms. The van der Waals surface area contributed by atoms with E-state index < -0.39 is 18.3 Å². The molecule has 0 aliphatic carbocycles. The van der Waals surface area contributed by atoms with E-state index in [4.69, 9.17) is 5.11 Å². The zero-order chi connectivity index (χ0) is 15.2. The molecule has 0 fully saturated rings. The molecule has 0 heterocycles. The maximum atomic E-state index is 9.51. The van der Waals surface area contributed by atoms with Crippen molar-refractivity contribution in [3.8, 4) is 23.7 Å². The molecular formula is C17H24O3. The van der Waals surface area contributed by atoms with Gasteiger partial charge in [-0.3, -0.25) is 0 Å². The molecule has 0 radical (unpaired) electrons. The maximum Gasteiger partial charge on any atom is 0.141 e. The van der Waals surface area contributed by atoms with Crippen molar-refractivity contribution in [1.29, 1.82) is 0 Å². The molecule has 0 bridgehead atoms. The second kappa shape index (κ2) is 12.5. The highest BCUT2D eigenvalue weighted by Gasteiger charge is 2.04. The summed E-state index contributed by atoms with van der Waals surface area (Å²) in [6.45, 7) is 5.11. The van der Waals surface area contributed by atoms with Gasteiger partial charge in [-0.1, -0.05) is 30.4 Å². The highest BCUT2D eigenvalue weighted by molar-refractivity contribution is 5.30. The van der Waals surface area contributed by atoms with Gasteiger partial charge in [0, 0.05) is 0 Å². The van der Waals surface area contributed by atoms with Gasteiger partial charge in [0.1, 0.15) is 12.2 Å². The minimum atomic E-state index is -1.10. The summed E-state index contributed by atoms with van der Waals surface area (Å²) in [5, 5.41) is 27.7. The van der Waals surface area contributed by atoms with E-state index in [-0.39, 0.29) is 0 Å². The van der Waals surface area contributed by atoms with Gasteiger partial charge in [0.15, 0.2) is 0 Å². The van der Waals surface area contributed by atoms with Crippen LogP contribution in [0.2, 0.25) is 0 Å². The number of aliphatic hydroxyl groups is 3. The van der Waals surface area contributed by atoms with Crippen molar-refractivity contribution in [2.75, 3.05) is 0 Å². The zero-order valence-corrected chi connectivity index (χ0v) is 12.0. The van der Waals surface area contributed by atoms with E-state index >= 15 is 0 Å². The molecule has 110 valence electrons. The Labute approximate surface area is 122 Å². The van der Waals surface area contributed by atoms with Crippen LogP contribution in [0.1, 0.15) is 39.0 Å². The van der Waals surface area contributed by atoms with E-state index in [1.54, 1.807) is 6.08 Å². The molecule has 0 amide bonds. The third-order valence-corrected chi connectivity index (χ3v) is 2.56. The van der Waals surface area contributed by atoms with Gasteiger partial charge < -0.3 is 15.3 Å². The van der Waals surface area contributed by atoms with Gasteiger partial charge in [-0.05, 0) is 50.5 Å². The van der Waals surface area contributed by atoms with Crippen LogP contribution in [0, 0.1) is 23.7 Å². The van der Waals surface area contributed by atoms with E-state index in [1.807, 2.05) is 12.2 Å². The summed E-state index contributed by atoms with van der Waals surface area (Å²) in [5.41, 5.74) is 0. The first-order valence-corrected chi connectivity index (χ1v) is 6.90. The van der Waals surface area contributed by atoms with Crippen molar-refractivity contribution < 1.29 is 15.3 Å². The van der Waals surface area contributed by atoms with E-state index in [0.29, 0.717) is 0 Å². The Balaban J connectivity index is 3.87. The average molecular weight is 276 g/mol. The van der Waals surface area contributed by atoms with Crippen molar-refractivity contribution in [1.82, 2.24) is 0 Å². The molecule has 0 aromatic heterocycles. The summed E-state index contributed by atoms with van der Waals surface area (Å²) in [6.07, 6.45) is 7.97. The van der Waals surface area contributed by atoms with Crippen LogP contribution < -0.4 is 0 Å². The van der Waals surface area contributed by atoms with E-state index in [0.717, 1.165) is 32.1 Å². The summed E-state index contributed by atoms with van der Waals surface area (Å²) in [7, 11) is 0. The molecule has 3 atom stereocenters. The third kappa shape index (κ3) is 11.6. The SMILES string of the molecule is C=CCCCCC/C=C\[C@@H](O)C#CC#C[C@H](O)[C@@H](C)O. The average Bonchev–Trinajstić information content (AvgIpc) is 2.42. The van der Waals surface area contributed by atoms with Gasteiger partial charge in [-0.15, -0.1) is 6.58 Å². The first-order valence-electron chi connectivity index (χ1n) is 6.90. The van der Waals surface area contributed by atoms with Crippen molar-refractivity contribution >= 4 is 0 Å². The number of allylic oxidation sites excluding steroid dienone is 2. The fourth-order valence-electron chi connectivity index (χ4n) is 1.34. The number of hydrogen-bond acceptors (Lipinski definition) is 3. The Morgan fingerprint density at radius 3 is 2.30 bits per heavy atom. The van der Waals surface area contributed by atoms with Crippen LogP contribution in [0.25, 0.3) is 0 Å². The molecule has 20 heavy (non-hydrogen) atoms. The largest absolute Gasteiger partial charge is 0.390 e. The zero-order valence-electron chi connectivity index (χ0n) is 12.0. The highest BCUT2D eigenvalue weighted by atomic mass is 16.3. The van der Waals surface area contributed by atoms with Crippen molar-refractivity contribution in [3.63, 3.8) is 0 Å². The molecule has 0 aliphatic rings. The monoisotopic (exact) mass is 276 g/mol. The molecule has 0 spiro atoms. The molecule has 0 saturated carbocycles. The lowest BCUT2D eigenvalue weighted by Crippen LogP contribution is -2.19. The van der Waals surface area contributed by atoms with Crippen LogP contribution in [-0.2, 0) is 0 Å². The summed E-state index contributed by atoms with van der Waals surface area (Å²) in [6, 6.07) is 0. The van der Waals surface area contributed by atoms with Crippen LogP contribution in [0.5, 0.6) is 0 Å². The summed E-state index contributed by atoms with van der Waals surface area (Å²) < 4.78 is 0. The molecular weight excluding hydrogens is 252 g/mol. The van der Waals surface area contributed by atoms with E-state index in [9.17, 15) is 10.2 Å². The van der Waals surface area contributed by atoms with Crippen LogP contribution >= 0.6 is 0 Å². The summed E-state index contributed by atoms with van der Waals surface area (Å²) >= 11 is 0. The number of hydrogen-bond donors (Lipinski definition) is 3. The molecule has 0 saturated heterocycles. The molecule has 3 N–H and O–H groups in total. The van der Waals surface area contributed by atoms with Crippen LogP contribution in [0.15, 0.2) is 24.8 Å². The molecule has 0 aliphatic heterocycles. The lowest BCUT2D eigenvalue weighted by molar-refractivity contribution is 0.0678. The Morgan fingerprint density at radius 1 is 1.00 bits per heavy atom. The first kappa shape index (κ1) is 18.5. The Kier molecular flexibility index (Phi) is 11.6. The second-order valence-corrected chi connectivity index (χ2v) is 4.52. The van der Waals surface area contributed by atoms with Gasteiger partial charge in [0.25, 0.3) is 0 Å². The van der Waals surface area contributed by atoms with Gasteiger partial charge in [0.05, 0.1) is 6.10 Å². The minimum absolute atomic E-state index is 0.846. The maximum absolute atomic E-state index is 9.51. The summed E-state index contributed by atoms with van der Waals surface area (Å²) in [4.78, 5) is 0. The number of unbranched alkanes of at least 4 members (excludes halogenated alkanes) is 4. The first-order chi connectivity index (χ1) is 9.57. The topological polar surface area (TPSA) is 60.7 Å². The van der Waals surface area contributed by atoms with Crippen LogP contribution in [-0.4, -0.2) is 33.6 Å². The van der Waals surface area contributed by atoms with Gasteiger partial charge in [-0.2, -0.15) is 0 Å². The minimum Gasteiger partial charge on any atom is -0.390 e. The quantitative estimate of drug-likeness (QED) is 0.360. The fraction of sp³-hybridized carbons (Fsp3) is 0.529. The summed E-state index contributed by atoms with van der Waals surface area (Å²) in [5.74, 6) is 9.74. The molecule has 0 rings (SSSR count). The van der Waals surface area contributed by atoms with Gasteiger partial charge in [-0.25, -0.2) is 0 Å². The van der Waals surface area contributed by atoms with Gasteiger partial charge in [0.2, 0.25) is 0 Å². The smallest absolute Gasteiger partial charge is 0.141 e. The lowest BCUT2D eigenvalue weighted by atomic mass is 10.1. The van der Waals surface area contributed by atoms with Crippen LogP contribution in [0.4, 0.5) is 0 Å². The standard InChI is InChI=1S/C17H24O3/c1-3-4-5-6-7-8-9-12-16(19)13-10-11-14-17(20)15(2)18/h3,9,12,15-20H,1,4-8H2,2H3/b12-9-/t15-,16-,17+/m1/s1. The fourth-order valence-corrected chi connectivity index (χ4v) is 1.34. The lowest BCUT2D eigenvalue weighted by Gasteiger charge is -2.03. The highest BCUT2D eigenvalue weighted by Crippen LogP contribution is 2.04. The normalized spacial score (nSPS) is 14.6. The Morgan fingerprint density at radius 2 is 1.65 bits per heavy atom. The second-order valence-electron chi connectivity index (χ2n) is 4.52. The predicted molar refractivity (Wildman–Crippen MR) is 81.7 cm³/mol. The molecule has 0 aromatic rings. The van der Waals surface area contributed by atoms with E-state index in [2.05, 4.69) is 30.3 Å². The van der Waals surface area contributed by atoms with Crippen molar-refractivity contribution in [3.05, 3.63) is 24.8 Å². The molecule has 0 unspecified atom stereocenters. The van der Waals surface area contributed by atoms with Crippen molar-refractivity contribution in [2.45, 2.75) is 57.3 Å². The molecule has 0 aromatic carbocycles. The van der Waals surface area contributed by atoms with Crippen LogP contribution in [0.3, 0.4) is 0 Å². The third-order valence-electron chi connectivity index (χ3n) is 2.56. The number of aliphatic hydroxyl groups excluding tert-OH is 3. The van der Waals surface area contributed by atoms with Gasteiger partial charge >= 0.3 is 0 Å².